The van der Waals surface area contributed by atoms with E-state index in [9.17, 15) is 0 Å². The van der Waals surface area contributed by atoms with Crippen LogP contribution in [0.4, 0.5) is 0 Å². The number of hydrogen-bond donors (Lipinski definition) is 1. The lowest BCUT2D eigenvalue weighted by Crippen LogP contribution is -2.37. The third kappa shape index (κ3) is 3.41. The number of rotatable bonds is 3. The molecule has 2 aromatic rings. The number of nitrogens with one attached hydrogen (secondary N) is 1. The zero-order valence-electron chi connectivity index (χ0n) is 10.4. The van der Waals surface area contributed by atoms with Gasteiger partial charge >= 0.3 is 0 Å². The lowest BCUT2D eigenvalue weighted by Gasteiger charge is -2.19. The summed E-state index contributed by atoms with van der Waals surface area (Å²) in [5, 5.41) is 5.41. The molecule has 0 saturated heterocycles. The Bertz CT molecular complexity index is 514. The van der Waals surface area contributed by atoms with E-state index in [1.165, 1.54) is 0 Å². The molecule has 4 heteroatoms. The maximum atomic E-state index is 6.13. The van der Waals surface area contributed by atoms with Crippen LogP contribution in [0.1, 0.15) is 25.8 Å². The molecule has 0 aliphatic rings. The van der Waals surface area contributed by atoms with E-state index in [0.29, 0.717) is 0 Å². The summed E-state index contributed by atoms with van der Waals surface area (Å²) in [5.41, 5.74) is 1.17. The fourth-order valence-corrected chi connectivity index (χ4v) is 2.87. The maximum absolute atomic E-state index is 6.13. The third-order valence-corrected chi connectivity index (χ3v) is 4.00. The average Bonchev–Trinajstić information content (AvgIpc) is 2.60. The van der Waals surface area contributed by atoms with Gasteiger partial charge in [0.2, 0.25) is 0 Å². The molecule has 1 aromatic carbocycles. The molecule has 0 amide bonds. The van der Waals surface area contributed by atoms with Crippen molar-refractivity contribution in [2.24, 2.45) is 0 Å². The molecule has 1 aromatic heterocycles. The molecule has 92 valence electrons. The van der Waals surface area contributed by atoms with Crippen molar-refractivity contribution in [2.45, 2.75) is 32.7 Å². The van der Waals surface area contributed by atoms with Crippen LogP contribution in [0.3, 0.4) is 0 Å². The van der Waals surface area contributed by atoms with Gasteiger partial charge in [-0.05, 0) is 32.9 Å². The van der Waals surface area contributed by atoms with Crippen molar-refractivity contribution in [2.75, 3.05) is 6.54 Å². The fourth-order valence-electron chi connectivity index (χ4n) is 1.61. The van der Waals surface area contributed by atoms with Gasteiger partial charge in [0.1, 0.15) is 0 Å². The summed E-state index contributed by atoms with van der Waals surface area (Å²) in [5.74, 6) is 0. The van der Waals surface area contributed by atoms with Gasteiger partial charge < -0.3 is 5.32 Å². The van der Waals surface area contributed by atoms with Gasteiger partial charge in [-0.25, -0.2) is 4.98 Å². The summed E-state index contributed by atoms with van der Waals surface area (Å²) in [6.07, 6.45) is 0.951. The average molecular weight is 269 g/mol. The second kappa shape index (κ2) is 4.92. The first-order valence-electron chi connectivity index (χ1n) is 5.75. The highest BCUT2D eigenvalue weighted by molar-refractivity contribution is 7.19. The molecule has 2 rings (SSSR count). The van der Waals surface area contributed by atoms with Crippen LogP contribution in [0, 0.1) is 0 Å². The summed E-state index contributed by atoms with van der Waals surface area (Å²) in [4.78, 5) is 4.59. The van der Waals surface area contributed by atoms with Crippen LogP contribution in [0.25, 0.3) is 10.2 Å². The van der Waals surface area contributed by atoms with E-state index in [0.717, 1.165) is 33.2 Å². The van der Waals surface area contributed by atoms with Crippen LogP contribution in [0.2, 0.25) is 5.02 Å². The number of benzene rings is 1. The Morgan fingerprint density at radius 3 is 2.76 bits per heavy atom. The lowest BCUT2D eigenvalue weighted by atomic mass is 10.1. The fraction of sp³-hybridized carbons (Fsp3) is 0.462. The Hall–Kier alpha value is -0.640. The molecule has 0 spiro atoms. The normalized spacial score (nSPS) is 12.2. The van der Waals surface area contributed by atoms with Crippen LogP contribution in [-0.2, 0) is 6.42 Å². The molecule has 0 saturated carbocycles. The van der Waals surface area contributed by atoms with Crippen molar-refractivity contribution in [1.82, 2.24) is 10.3 Å². The molecule has 0 bridgehead atoms. The van der Waals surface area contributed by atoms with E-state index in [-0.39, 0.29) is 5.54 Å². The molecular formula is C13H17ClN2S. The second-order valence-electron chi connectivity index (χ2n) is 5.12. The molecule has 1 N–H and O–H groups in total. The predicted octanol–water partition coefficient (Wildman–Crippen LogP) is 3.88. The number of halogens is 1. The second-order valence-corrected chi connectivity index (χ2v) is 6.61. The van der Waals surface area contributed by atoms with E-state index in [2.05, 4.69) is 31.1 Å². The molecule has 0 unspecified atom stereocenters. The molecular weight excluding hydrogens is 252 g/mol. The maximum Gasteiger partial charge on any atom is 0.0951 e. The highest BCUT2D eigenvalue weighted by atomic mass is 35.5. The van der Waals surface area contributed by atoms with Gasteiger partial charge in [0.05, 0.1) is 20.2 Å². The van der Waals surface area contributed by atoms with E-state index in [1.54, 1.807) is 11.3 Å². The molecule has 0 atom stereocenters. The molecule has 0 fully saturated rings. The molecule has 17 heavy (non-hydrogen) atoms. The summed E-state index contributed by atoms with van der Waals surface area (Å²) >= 11 is 7.82. The molecule has 1 heterocycles. The van der Waals surface area contributed by atoms with E-state index >= 15 is 0 Å². The topological polar surface area (TPSA) is 24.9 Å². The highest BCUT2D eigenvalue weighted by Gasteiger charge is 2.10. The number of fused-ring (bicyclic) bond motifs is 1. The first-order chi connectivity index (χ1) is 7.96. The van der Waals surface area contributed by atoms with Gasteiger partial charge in [0, 0.05) is 18.5 Å². The Morgan fingerprint density at radius 2 is 2.12 bits per heavy atom. The van der Waals surface area contributed by atoms with Crippen molar-refractivity contribution in [3.05, 3.63) is 28.2 Å². The van der Waals surface area contributed by atoms with Gasteiger partial charge in [-0.3, -0.25) is 0 Å². The van der Waals surface area contributed by atoms with Gasteiger partial charge in [-0.1, -0.05) is 17.7 Å². The van der Waals surface area contributed by atoms with Crippen molar-refractivity contribution >= 4 is 33.2 Å². The highest BCUT2D eigenvalue weighted by Crippen LogP contribution is 2.29. The largest absolute Gasteiger partial charge is 0.312 e. The van der Waals surface area contributed by atoms with Crippen LogP contribution in [0.15, 0.2) is 18.2 Å². The first kappa shape index (κ1) is 12.8. The summed E-state index contributed by atoms with van der Waals surface area (Å²) < 4.78 is 1.10. The quantitative estimate of drug-likeness (QED) is 0.914. The zero-order valence-corrected chi connectivity index (χ0v) is 12.0. The van der Waals surface area contributed by atoms with Crippen LogP contribution >= 0.6 is 22.9 Å². The Morgan fingerprint density at radius 1 is 1.35 bits per heavy atom. The number of hydrogen-bond acceptors (Lipinski definition) is 3. The molecule has 0 aliphatic heterocycles. The monoisotopic (exact) mass is 268 g/mol. The van der Waals surface area contributed by atoms with E-state index in [4.69, 9.17) is 11.6 Å². The van der Waals surface area contributed by atoms with Crippen LogP contribution < -0.4 is 5.32 Å². The summed E-state index contributed by atoms with van der Waals surface area (Å²) in [7, 11) is 0. The minimum absolute atomic E-state index is 0.161. The minimum atomic E-state index is 0.161. The van der Waals surface area contributed by atoms with Crippen molar-refractivity contribution in [3.8, 4) is 0 Å². The van der Waals surface area contributed by atoms with Gasteiger partial charge in [-0.15, -0.1) is 11.3 Å². The van der Waals surface area contributed by atoms with Gasteiger partial charge in [-0.2, -0.15) is 0 Å². The Balaban J connectivity index is 2.07. The lowest BCUT2D eigenvalue weighted by molar-refractivity contribution is 0.429. The van der Waals surface area contributed by atoms with Gasteiger partial charge in [0.25, 0.3) is 0 Å². The van der Waals surface area contributed by atoms with Crippen molar-refractivity contribution < 1.29 is 0 Å². The number of aromatic nitrogens is 1. The third-order valence-electron chi connectivity index (χ3n) is 2.41. The predicted molar refractivity (Wildman–Crippen MR) is 76.1 cm³/mol. The molecule has 0 aliphatic carbocycles. The summed E-state index contributed by atoms with van der Waals surface area (Å²) in [6.45, 7) is 7.45. The van der Waals surface area contributed by atoms with Crippen molar-refractivity contribution in [1.29, 1.82) is 0 Å². The Kier molecular flexibility index (Phi) is 3.71. The smallest absolute Gasteiger partial charge is 0.0951 e. The van der Waals surface area contributed by atoms with Gasteiger partial charge in [0.15, 0.2) is 0 Å². The van der Waals surface area contributed by atoms with Crippen LogP contribution in [-0.4, -0.2) is 17.1 Å². The first-order valence-corrected chi connectivity index (χ1v) is 6.94. The molecule has 0 radical (unpaired) electrons. The minimum Gasteiger partial charge on any atom is -0.312 e. The van der Waals surface area contributed by atoms with Crippen molar-refractivity contribution in [3.63, 3.8) is 0 Å². The SMILES string of the molecule is CC(C)(C)NCCc1nc2cccc(Cl)c2s1. The number of thiazole rings is 1. The standard InChI is InChI=1S/C13H17ClN2S/c1-13(2,3)15-8-7-11-16-10-6-4-5-9(14)12(10)17-11/h4-6,15H,7-8H2,1-3H3. The molecule has 2 nitrogen and oxygen atoms in total. The van der Waals surface area contributed by atoms with E-state index < -0.39 is 0 Å². The zero-order chi connectivity index (χ0) is 12.5. The number of nitrogens with zero attached hydrogens (tertiary/aromatic N) is 1. The van der Waals surface area contributed by atoms with E-state index in [1.807, 2.05) is 18.2 Å². The Labute approximate surface area is 111 Å². The van der Waals surface area contributed by atoms with Crippen LogP contribution in [0.5, 0.6) is 0 Å². The summed E-state index contributed by atoms with van der Waals surface area (Å²) in [6, 6.07) is 5.87.